The minimum Gasteiger partial charge on any atom is -0.462 e. The quantitative estimate of drug-likeness (QED) is 0.606. The van der Waals surface area contributed by atoms with Crippen LogP contribution in [0.1, 0.15) is 43.2 Å². The lowest BCUT2D eigenvalue weighted by Crippen LogP contribution is -2.25. The van der Waals surface area contributed by atoms with Gasteiger partial charge in [-0.2, -0.15) is 5.10 Å². The van der Waals surface area contributed by atoms with E-state index >= 15 is 0 Å². The van der Waals surface area contributed by atoms with E-state index in [2.05, 4.69) is 5.10 Å². The smallest absolute Gasteiger partial charge is 0.341 e. The van der Waals surface area contributed by atoms with E-state index in [1.165, 1.54) is 18.3 Å². The summed E-state index contributed by atoms with van der Waals surface area (Å²) >= 11 is 0. The highest BCUT2D eigenvalue weighted by Gasteiger charge is 2.32. The fourth-order valence-corrected chi connectivity index (χ4v) is 2.44. The van der Waals surface area contributed by atoms with Crippen LogP contribution in [0.25, 0.3) is 5.69 Å². The fraction of sp³-hybridized carbons (Fsp3) is 0.353. The Morgan fingerprint density at radius 3 is 2.57 bits per heavy atom. The second-order valence-corrected chi connectivity index (χ2v) is 5.77. The predicted octanol–water partition coefficient (Wildman–Crippen LogP) is 3.05. The van der Waals surface area contributed by atoms with Gasteiger partial charge in [0, 0.05) is 11.8 Å². The van der Waals surface area contributed by atoms with Gasteiger partial charge in [-0.15, -0.1) is 0 Å². The average molecular weight is 318 g/mol. The maximum atomic E-state index is 13.1. The minimum atomic E-state index is -0.630. The Kier molecular flexibility index (Phi) is 4.93. The average Bonchev–Trinajstić information content (AvgIpc) is 2.94. The number of carbonyl (C=O) groups excluding carboxylic acids is 2. The highest BCUT2D eigenvalue weighted by atomic mass is 19.1. The van der Waals surface area contributed by atoms with Crippen LogP contribution >= 0.6 is 0 Å². The number of hydrogen-bond donors (Lipinski definition) is 0. The number of hydrogen-bond acceptors (Lipinski definition) is 4. The monoisotopic (exact) mass is 318 g/mol. The van der Waals surface area contributed by atoms with Gasteiger partial charge in [0.25, 0.3) is 0 Å². The third kappa shape index (κ3) is 3.47. The first-order valence-electron chi connectivity index (χ1n) is 7.36. The largest absolute Gasteiger partial charge is 0.462 e. The molecular formula is C17H19FN2O3. The van der Waals surface area contributed by atoms with Gasteiger partial charge in [0.2, 0.25) is 0 Å². The first-order valence-corrected chi connectivity index (χ1v) is 7.36. The second kappa shape index (κ2) is 6.73. The maximum absolute atomic E-state index is 13.1. The Bertz CT molecular complexity index is 705. The summed E-state index contributed by atoms with van der Waals surface area (Å²) in [4.78, 5) is 23.2. The summed E-state index contributed by atoms with van der Waals surface area (Å²) in [6.07, 6.45) is 2.44. The molecular weight excluding hydrogens is 299 g/mol. The van der Waals surface area contributed by atoms with Gasteiger partial charge >= 0.3 is 5.97 Å². The third-order valence-corrected chi connectivity index (χ3v) is 3.57. The molecule has 122 valence electrons. The first kappa shape index (κ1) is 16.9. The van der Waals surface area contributed by atoms with Gasteiger partial charge in [-0.05, 0) is 31.2 Å². The molecule has 0 saturated heterocycles. The third-order valence-electron chi connectivity index (χ3n) is 3.57. The van der Waals surface area contributed by atoms with Crippen LogP contribution in [0.4, 0.5) is 4.39 Å². The molecule has 0 fully saturated rings. The molecule has 0 atom stereocenters. The summed E-state index contributed by atoms with van der Waals surface area (Å²) in [5.41, 5.74) is 0.850. The molecule has 5 nitrogen and oxygen atoms in total. The van der Waals surface area contributed by atoms with E-state index in [0.29, 0.717) is 16.9 Å². The van der Waals surface area contributed by atoms with Crippen molar-refractivity contribution in [1.82, 2.24) is 9.78 Å². The lowest BCUT2D eigenvalue weighted by molar-refractivity contribution is -0.108. The standard InChI is InChI=1S/C17H19FN2O3/c1-4-23-16(22)14-11-19-20(13-7-5-12(18)6-8-13)15(14)17(2,3)9-10-21/h5-8,10-11H,4,9H2,1-3H3. The van der Waals surface area contributed by atoms with E-state index in [4.69, 9.17) is 4.74 Å². The number of ether oxygens (including phenoxy) is 1. The Labute approximate surface area is 134 Å². The highest BCUT2D eigenvalue weighted by Crippen LogP contribution is 2.31. The molecule has 1 heterocycles. The summed E-state index contributed by atoms with van der Waals surface area (Å²) in [5.74, 6) is -0.852. The van der Waals surface area contributed by atoms with Gasteiger partial charge in [-0.1, -0.05) is 13.8 Å². The van der Waals surface area contributed by atoms with Crippen LogP contribution in [0, 0.1) is 5.82 Å². The first-order chi connectivity index (χ1) is 10.9. The van der Waals surface area contributed by atoms with Crippen molar-refractivity contribution in [3.63, 3.8) is 0 Å². The molecule has 0 amide bonds. The number of esters is 1. The van der Waals surface area contributed by atoms with E-state index in [9.17, 15) is 14.0 Å². The number of aldehydes is 1. The van der Waals surface area contributed by atoms with Crippen LogP contribution in [0.5, 0.6) is 0 Å². The molecule has 0 aliphatic rings. The molecule has 0 aliphatic carbocycles. The van der Waals surface area contributed by atoms with Crippen molar-refractivity contribution < 1.29 is 18.7 Å². The van der Waals surface area contributed by atoms with Crippen LogP contribution in [0.3, 0.4) is 0 Å². The number of aromatic nitrogens is 2. The number of benzene rings is 1. The van der Waals surface area contributed by atoms with Gasteiger partial charge in [0.15, 0.2) is 0 Å². The molecule has 2 rings (SSSR count). The summed E-state index contributed by atoms with van der Waals surface area (Å²) in [6, 6.07) is 5.77. The van der Waals surface area contributed by atoms with Crippen LogP contribution in [0.15, 0.2) is 30.5 Å². The van der Waals surface area contributed by atoms with Crippen LogP contribution < -0.4 is 0 Å². The number of nitrogens with zero attached hydrogens (tertiary/aromatic N) is 2. The Hall–Kier alpha value is -2.50. The van der Waals surface area contributed by atoms with Gasteiger partial charge in [-0.3, -0.25) is 0 Å². The molecule has 0 N–H and O–H groups in total. The Balaban J connectivity index is 2.61. The molecule has 1 aromatic carbocycles. The molecule has 0 radical (unpaired) electrons. The van der Waals surface area contributed by atoms with Gasteiger partial charge in [0.1, 0.15) is 17.7 Å². The van der Waals surface area contributed by atoms with Crippen molar-refractivity contribution in [1.29, 1.82) is 0 Å². The van der Waals surface area contributed by atoms with Gasteiger partial charge < -0.3 is 9.53 Å². The lowest BCUT2D eigenvalue weighted by Gasteiger charge is -2.24. The summed E-state index contributed by atoms with van der Waals surface area (Å²) < 4.78 is 19.8. The Morgan fingerprint density at radius 1 is 1.35 bits per heavy atom. The van der Waals surface area contributed by atoms with Gasteiger partial charge in [0.05, 0.1) is 24.2 Å². The van der Waals surface area contributed by atoms with Crippen molar-refractivity contribution in [3.8, 4) is 5.69 Å². The van der Waals surface area contributed by atoms with Crippen molar-refractivity contribution >= 4 is 12.3 Å². The normalized spacial score (nSPS) is 11.3. The zero-order chi connectivity index (χ0) is 17.0. The van der Waals surface area contributed by atoms with E-state index in [0.717, 1.165) is 6.29 Å². The van der Waals surface area contributed by atoms with E-state index in [1.807, 2.05) is 13.8 Å². The molecule has 1 aromatic heterocycles. The maximum Gasteiger partial charge on any atom is 0.341 e. The predicted molar refractivity (Wildman–Crippen MR) is 83.2 cm³/mol. The number of carbonyl (C=O) groups is 2. The SMILES string of the molecule is CCOC(=O)c1cnn(-c2ccc(F)cc2)c1C(C)(C)CC=O. The molecule has 0 aliphatic heterocycles. The molecule has 0 saturated carbocycles. The zero-order valence-corrected chi connectivity index (χ0v) is 13.4. The van der Waals surface area contributed by atoms with Gasteiger partial charge in [-0.25, -0.2) is 13.9 Å². The van der Waals surface area contributed by atoms with Crippen LogP contribution in [-0.4, -0.2) is 28.6 Å². The number of halogens is 1. The van der Waals surface area contributed by atoms with Crippen LogP contribution in [0.2, 0.25) is 0 Å². The summed E-state index contributed by atoms with van der Waals surface area (Å²) in [5, 5.41) is 4.25. The van der Waals surface area contributed by atoms with Crippen molar-refractivity contribution in [3.05, 3.63) is 47.5 Å². The second-order valence-electron chi connectivity index (χ2n) is 5.77. The fourth-order valence-electron chi connectivity index (χ4n) is 2.44. The summed E-state index contributed by atoms with van der Waals surface area (Å²) in [7, 11) is 0. The topological polar surface area (TPSA) is 61.2 Å². The van der Waals surface area contributed by atoms with Crippen molar-refractivity contribution in [2.24, 2.45) is 0 Å². The molecule has 0 spiro atoms. The summed E-state index contributed by atoms with van der Waals surface area (Å²) in [6.45, 7) is 5.66. The Morgan fingerprint density at radius 2 is 2.00 bits per heavy atom. The lowest BCUT2D eigenvalue weighted by atomic mass is 9.84. The van der Waals surface area contributed by atoms with E-state index in [-0.39, 0.29) is 18.8 Å². The van der Waals surface area contributed by atoms with Crippen molar-refractivity contribution in [2.45, 2.75) is 32.6 Å². The molecule has 0 unspecified atom stereocenters. The molecule has 6 heteroatoms. The van der Waals surface area contributed by atoms with Crippen molar-refractivity contribution in [2.75, 3.05) is 6.61 Å². The minimum absolute atomic E-state index is 0.215. The van der Waals surface area contributed by atoms with E-state index in [1.54, 1.807) is 23.7 Å². The van der Waals surface area contributed by atoms with E-state index < -0.39 is 11.4 Å². The zero-order valence-electron chi connectivity index (χ0n) is 13.4. The molecule has 0 bridgehead atoms. The molecule has 23 heavy (non-hydrogen) atoms. The number of rotatable bonds is 6. The molecule has 2 aromatic rings. The highest BCUT2D eigenvalue weighted by molar-refractivity contribution is 5.91. The van der Waals surface area contributed by atoms with Crippen LogP contribution in [-0.2, 0) is 14.9 Å².